The summed E-state index contributed by atoms with van der Waals surface area (Å²) in [6.45, 7) is 0. The lowest BCUT2D eigenvalue weighted by Gasteiger charge is -1.98. The Morgan fingerprint density at radius 2 is 1.40 bits per heavy atom. The first-order chi connectivity index (χ1) is 7.45. The second-order valence-corrected chi connectivity index (χ2v) is 4.50. The molecular formula is C12H14O2S. The number of rotatable bonds is 6. The predicted molar refractivity (Wildman–Crippen MR) is 62.1 cm³/mol. The maximum Gasteiger partial charge on any atom is 0.104 e. The molecule has 0 aliphatic rings. The van der Waals surface area contributed by atoms with Crippen LogP contribution in [0.2, 0.25) is 0 Å². The molecular weight excluding hydrogens is 208 g/mol. The van der Waals surface area contributed by atoms with Crippen molar-refractivity contribution in [2.24, 2.45) is 0 Å². The van der Waals surface area contributed by atoms with Gasteiger partial charge in [0.05, 0.1) is 12.5 Å². The highest BCUT2D eigenvalue weighted by molar-refractivity contribution is 7.99. The van der Waals surface area contributed by atoms with Crippen LogP contribution in [0.1, 0.15) is 11.5 Å². The van der Waals surface area contributed by atoms with Gasteiger partial charge in [-0.05, 0) is 24.3 Å². The second-order valence-electron chi connectivity index (χ2n) is 3.27. The van der Waals surface area contributed by atoms with Gasteiger partial charge in [0.15, 0.2) is 0 Å². The van der Waals surface area contributed by atoms with Crippen LogP contribution >= 0.6 is 11.8 Å². The molecule has 80 valence electrons. The zero-order valence-corrected chi connectivity index (χ0v) is 9.33. The smallest absolute Gasteiger partial charge is 0.104 e. The van der Waals surface area contributed by atoms with E-state index in [-0.39, 0.29) is 0 Å². The van der Waals surface area contributed by atoms with Crippen LogP contribution in [-0.2, 0) is 12.8 Å². The summed E-state index contributed by atoms with van der Waals surface area (Å²) in [6.07, 6.45) is 5.47. The van der Waals surface area contributed by atoms with Crippen molar-refractivity contribution in [2.75, 3.05) is 11.5 Å². The van der Waals surface area contributed by atoms with Crippen molar-refractivity contribution in [1.82, 2.24) is 0 Å². The third kappa shape index (κ3) is 3.51. The largest absolute Gasteiger partial charge is 0.469 e. The Kier molecular flexibility index (Phi) is 3.97. The van der Waals surface area contributed by atoms with Crippen molar-refractivity contribution < 1.29 is 8.83 Å². The monoisotopic (exact) mass is 222 g/mol. The van der Waals surface area contributed by atoms with E-state index in [0.717, 1.165) is 35.9 Å². The SMILES string of the molecule is c1coc(CCSCCc2ccco2)c1. The molecule has 0 unspecified atom stereocenters. The molecule has 15 heavy (non-hydrogen) atoms. The highest BCUT2D eigenvalue weighted by Gasteiger charge is 1.98. The molecule has 2 rings (SSSR count). The molecule has 2 nitrogen and oxygen atoms in total. The van der Waals surface area contributed by atoms with Gasteiger partial charge in [0.2, 0.25) is 0 Å². The van der Waals surface area contributed by atoms with Gasteiger partial charge in [-0.1, -0.05) is 0 Å². The molecule has 0 spiro atoms. The molecule has 2 heterocycles. The average molecular weight is 222 g/mol. The Morgan fingerprint density at radius 1 is 0.867 bits per heavy atom. The van der Waals surface area contributed by atoms with Gasteiger partial charge in [-0.25, -0.2) is 0 Å². The van der Waals surface area contributed by atoms with E-state index in [1.54, 1.807) is 12.5 Å². The van der Waals surface area contributed by atoms with Crippen molar-refractivity contribution in [1.29, 1.82) is 0 Å². The topological polar surface area (TPSA) is 26.3 Å². The minimum absolute atomic E-state index is 1.01. The molecule has 0 amide bonds. The van der Waals surface area contributed by atoms with Gasteiger partial charge in [0.25, 0.3) is 0 Å². The fourth-order valence-electron chi connectivity index (χ4n) is 1.36. The minimum atomic E-state index is 1.01. The molecule has 3 heteroatoms. The Labute approximate surface area is 93.7 Å². The zero-order chi connectivity index (χ0) is 10.3. The summed E-state index contributed by atoms with van der Waals surface area (Å²) in [6, 6.07) is 7.91. The molecule has 2 aromatic rings. The van der Waals surface area contributed by atoms with Crippen LogP contribution < -0.4 is 0 Å². The second kappa shape index (κ2) is 5.71. The average Bonchev–Trinajstić information content (AvgIpc) is 2.88. The zero-order valence-electron chi connectivity index (χ0n) is 8.52. The van der Waals surface area contributed by atoms with Crippen LogP contribution in [0, 0.1) is 0 Å². The minimum Gasteiger partial charge on any atom is -0.469 e. The maximum atomic E-state index is 5.25. The highest BCUT2D eigenvalue weighted by Crippen LogP contribution is 2.10. The quantitative estimate of drug-likeness (QED) is 0.701. The summed E-state index contributed by atoms with van der Waals surface area (Å²) in [5, 5.41) is 0. The number of thioether (sulfide) groups is 1. The van der Waals surface area contributed by atoms with Crippen molar-refractivity contribution in [3.05, 3.63) is 48.3 Å². The summed E-state index contributed by atoms with van der Waals surface area (Å²) < 4.78 is 10.5. The first kappa shape index (κ1) is 10.4. The molecule has 0 saturated heterocycles. The van der Waals surface area contributed by atoms with E-state index in [1.807, 2.05) is 36.0 Å². The molecule has 0 radical (unpaired) electrons. The van der Waals surface area contributed by atoms with E-state index in [2.05, 4.69) is 0 Å². The molecule has 0 fully saturated rings. The van der Waals surface area contributed by atoms with E-state index >= 15 is 0 Å². The van der Waals surface area contributed by atoms with Crippen LogP contribution in [0.15, 0.2) is 45.6 Å². The van der Waals surface area contributed by atoms with E-state index in [0.29, 0.717) is 0 Å². The van der Waals surface area contributed by atoms with Crippen molar-refractivity contribution >= 4 is 11.8 Å². The molecule has 0 atom stereocenters. The molecule has 0 saturated carbocycles. The number of aryl methyl sites for hydroxylation is 2. The Balaban J connectivity index is 1.56. The molecule has 0 bridgehead atoms. The van der Waals surface area contributed by atoms with Crippen molar-refractivity contribution in [3.8, 4) is 0 Å². The van der Waals surface area contributed by atoms with E-state index in [1.165, 1.54) is 0 Å². The normalized spacial score (nSPS) is 10.7. The van der Waals surface area contributed by atoms with E-state index in [4.69, 9.17) is 8.83 Å². The van der Waals surface area contributed by atoms with Crippen molar-refractivity contribution in [2.45, 2.75) is 12.8 Å². The molecule has 0 aliphatic carbocycles. The third-order valence-electron chi connectivity index (χ3n) is 2.15. The van der Waals surface area contributed by atoms with Gasteiger partial charge in [-0.2, -0.15) is 11.8 Å². The summed E-state index contributed by atoms with van der Waals surface area (Å²) in [7, 11) is 0. The number of hydrogen-bond donors (Lipinski definition) is 0. The van der Waals surface area contributed by atoms with Gasteiger partial charge in [-0.15, -0.1) is 0 Å². The fraction of sp³-hybridized carbons (Fsp3) is 0.333. The summed E-state index contributed by atoms with van der Waals surface area (Å²) >= 11 is 1.93. The third-order valence-corrected chi connectivity index (χ3v) is 3.13. The van der Waals surface area contributed by atoms with Gasteiger partial charge in [0.1, 0.15) is 11.5 Å². The Morgan fingerprint density at radius 3 is 1.80 bits per heavy atom. The molecule has 0 aliphatic heterocycles. The van der Waals surface area contributed by atoms with Gasteiger partial charge in [-0.3, -0.25) is 0 Å². The molecule has 0 aromatic carbocycles. The summed E-state index contributed by atoms with van der Waals surface area (Å²) in [4.78, 5) is 0. The van der Waals surface area contributed by atoms with Crippen LogP contribution in [0.4, 0.5) is 0 Å². The van der Waals surface area contributed by atoms with Crippen LogP contribution in [0.5, 0.6) is 0 Å². The summed E-state index contributed by atoms with van der Waals surface area (Å²) in [5.41, 5.74) is 0. The fourth-order valence-corrected chi connectivity index (χ4v) is 2.25. The van der Waals surface area contributed by atoms with Gasteiger partial charge < -0.3 is 8.83 Å². The van der Waals surface area contributed by atoms with Gasteiger partial charge in [0, 0.05) is 24.3 Å². The predicted octanol–water partition coefficient (Wildman–Crippen LogP) is 3.39. The van der Waals surface area contributed by atoms with E-state index in [9.17, 15) is 0 Å². The lowest BCUT2D eigenvalue weighted by atomic mass is 10.4. The van der Waals surface area contributed by atoms with Crippen LogP contribution in [-0.4, -0.2) is 11.5 Å². The van der Waals surface area contributed by atoms with Crippen molar-refractivity contribution in [3.63, 3.8) is 0 Å². The summed E-state index contributed by atoms with van der Waals surface area (Å²) in [5.74, 6) is 4.35. The number of hydrogen-bond acceptors (Lipinski definition) is 3. The lowest BCUT2D eigenvalue weighted by Crippen LogP contribution is -1.90. The van der Waals surface area contributed by atoms with E-state index < -0.39 is 0 Å². The Hall–Kier alpha value is -1.09. The van der Waals surface area contributed by atoms with Crippen LogP contribution in [0.3, 0.4) is 0 Å². The first-order valence-electron chi connectivity index (χ1n) is 5.07. The number of furan rings is 2. The Bertz CT molecular complexity index is 315. The molecule has 2 aromatic heterocycles. The lowest BCUT2D eigenvalue weighted by molar-refractivity contribution is 0.516. The standard InChI is InChI=1S/C12H14O2S/c1-3-11(13-7-1)5-9-15-10-6-12-4-2-8-14-12/h1-4,7-8H,5-6,9-10H2. The highest BCUT2D eigenvalue weighted by atomic mass is 32.2. The maximum absolute atomic E-state index is 5.25. The molecule has 0 N–H and O–H groups in total. The van der Waals surface area contributed by atoms with Crippen LogP contribution in [0.25, 0.3) is 0 Å². The van der Waals surface area contributed by atoms with Gasteiger partial charge >= 0.3 is 0 Å². The first-order valence-corrected chi connectivity index (χ1v) is 6.23.